The first-order chi connectivity index (χ1) is 8.99. The van der Waals surface area contributed by atoms with Gasteiger partial charge in [0.15, 0.2) is 0 Å². The molecule has 0 aliphatic carbocycles. The predicted molar refractivity (Wildman–Crippen MR) is 69.5 cm³/mol. The Morgan fingerprint density at radius 3 is 2.89 bits per heavy atom. The molecule has 3 N–H and O–H groups in total. The molecule has 1 aromatic heterocycles. The number of nitrogens with zero attached hydrogens (tertiary/aromatic N) is 1. The van der Waals surface area contributed by atoms with Gasteiger partial charge in [0.1, 0.15) is 6.17 Å². The molecule has 0 bridgehead atoms. The molecule has 19 heavy (non-hydrogen) atoms. The van der Waals surface area contributed by atoms with Crippen molar-refractivity contribution in [3.05, 3.63) is 34.2 Å². The SMILES string of the molecule is CC(C(N)=O)N1CCC(F)C(c2ccc(=O)[nH]c2)C1. The number of alkyl halides is 1. The Balaban J connectivity index is 2.16. The number of carbonyl (C=O) groups is 1. The average Bonchev–Trinajstić information content (AvgIpc) is 2.39. The van der Waals surface area contributed by atoms with Crippen molar-refractivity contribution < 1.29 is 9.18 Å². The van der Waals surface area contributed by atoms with Crippen LogP contribution in [0.4, 0.5) is 4.39 Å². The smallest absolute Gasteiger partial charge is 0.247 e. The number of carbonyl (C=O) groups excluding carboxylic acids is 1. The monoisotopic (exact) mass is 267 g/mol. The first-order valence-corrected chi connectivity index (χ1v) is 6.35. The number of likely N-dealkylation sites (tertiary alicyclic amines) is 1. The highest BCUT2D eigenvalue weighted by Crippen LogP contribution is 2.29. The zero-order chi connectivity index (χ0) is 14.0. The van der Waals surface area contributed by atoms with Crippen LogP contribution in [0.15, 0.2) is 23.1 Å². The number of pyridine rings is 1. The number of primary amides is 1. The zero-order valence-electron chi connectivity index (χ0n) is 10.8. The lowest BCUT2D eigenvalue weighted by molar-refractivity contribution is -0.123. The van der Waals surface area contributed by atoms with Gasteiger partial charge in [0.05, 0.1) is 6.04 Å². The van der Waals surface area contributed by atoms with E-state index in [2.05, 4.69) is 4.98 Å². The summed E-state index contributed by atoms with van der Waals surface area (Å²) in [7, 11) is 0. The van der Waals surface area contributed by atoms with E-state index in [1.54, 1.807) is 13.0 Å². The maximum Gasteiger partial charge on any atom is 0.247 e. The van der Waals surface area contributed by atoms with Crippen molar-refractivity contribution >= 4 is 5.91 Å². The second-order valence-electron chi connectivity index (χ2n) is 4.97. The van der Waals surface area contributed by atoms with Gasteiger partial charge >= 0.3 is 0 Å². The quantitative estimate of drug-likeness (QED) is 0.830. The van der Waals surface area contributed by atoms with Crippen LogP contribution < -0.4 is 11.3 Å². The van der Waals surface area contributed by atoms with E-state index in [0.717, 1.165) is 5.56 Å². The van der Waals surface area contributed by atoms with E-state index in [1.165, 1.54) is 12.3 Å². The number of halogens is 1. The van der Waals surface area contributed by atoms with Gasteiger partial charge in [0.25, 0.3) is 0 Å². The zero-order valence-corrected chi connectivity index (χ0v) is 10.8. The Hall–Kier alpha value is -1.69. The fourth-order valence-corrected chi connectivity index (χ4v) is 2.45. The van der Waals surface area contributed by atoms with E-state index in [4.69, 9.17) is 5.73 Å². The number of nitrogens with two attached hydrogens (primary N) is 1. The van der Waals surface area contributed by atoms with Crippen LogP contribution in [0.2, 0.25) is 0 Å². The Kier molecular flexibility index (Phi) is 3.99. The predicted octanol–water partition coefficient (Wildman–Crippen LogP) is 0.376. The molecule has 1 aromatic rings. The number of aromatic amines is 1. The Morgan fingerprint density at radius 2 is 2.32 bits per heavy atom. The van der Waals surface area contributed by atoms with Crippen molar-refractivity contribution in [1.82, 2.24) is 9.88 Å². The summed E-state index contributed by atoms with van der Waals surface area (Å²) in [6.07, 6.45) is 0.932. The van der Waals surface area contributed by atoms with Gasteiger partial charge in [-0.1, -0.05) is 6.07 Å². The van der Waals surface area contributed by atoms with Gasteiger partial charge in [0.2, 0.25) is 11.5 Å². The van der Waals surface area contributed by atoms with E-state index in [9.17, 15) is 14.0 Å². The van der Waals surface area contributed by atoms with Crippen LogP contribution in [0.1, 0.15) is 24.8 Å². The lowest BCUT2D eigenvalue weighted by Gasteiger charge is -2.37. The third kappa shape index (κ3) is 3.01. The molecular formula is C13H18FN3O2. The number of hydrogen-bond donors (Lipinski definition) is 2. The van der Waals surface area contributed by atoms with Crippen LogP contribution in [0.25, 0.3) is 0 Å². The minimum absolute atomic E-state index is 0.211. The van der Waals surface area contributed by atoms with Crippen LogP contribution in [0, 0.1) is 0 Å². The lowest BCUT2D eigenvalue weighted by atomic mass is 9.89. The third-order valence-corrected chi connectivity index (χ3v) is 3.76. The summed E-state index contributed by atoms with van der Waals surface area (Å²) in [6.45, 7) is 2.67. The van der Waals surface area contributed by atoms with Crippen molar-refractivity contribution in [2.24, 2.45) is 5.73 Å². The van der Waals surface area contributed by atoms with Crippen LogP contribution in [0.3, 0.4) is 0 Å². The average molecular weight is 267 g/mol. The Bertz CT molecular complexity index is 496. The maximum absolute atomic E-state index is 14.0. The summed E-state index contributed by atoms with van der Waals surface area (Å²) in [5.74, 6) is -0.745. The maximum atomic E-state index is 14.0. The minimum atomic E-state index is -0.970. The molecule has 2 rings (SSSR count). The number of aromatic nitrogens is 1. The van der Waals surface area contributed by atoms with Gasteiger partial charge < -0.3 is 10.7 Å². The molecule has 0 spiro atoms. The van der Waals surface area contributed by atoms with Crippen molar-refractivity contribution in [2.75, 3.05) is 13.1 Å². The molecule has 0 radical (unpaired) electrons. The standard InChI is InChI=1S/C13H18FN3O2/c1-8(13(15)19)17-5-4-11(14)10(7-17)9-2-3-12(18)16-6-9/h2-3,6,8,10-11H,4-5,7H2,1H3,(H2,15,19)(H,16,18). The summed E-state index contributed by atoms with van der Waals surface area (Å²) < 4.78 is 14.0. The van der Waals surface area contributed by atoms with Gasteiger partial charge in [0, 0.05) is 31.3 Å². The molecule has 1 fully saturated rings. The van der Waals surface area contributed by atoms with Crippen LogP contribution in [-0.4, -0.2) is 41.1 Å². The van der Waals surface area contributed by atoms with E-state index in [1.807, 2.05) is 4.90 Å². The summed E-state index contributed by atoms with van der Waals surface area (Å²) in [5, 5.41) is 0. The second-order valence-corrected chi connectivity index (χ2v) is 4.97. The number of rotatable bonds is 3. The van der Waals surface area contributed by atoms with Crippen LogP contribution in [-0.2, 0) is 4.79 Å². The topological polar surface area (TPSA) is 79.2 Å². The number of hydrogen-bond acceptors (Lipinski definition) is 3. The van der Waals surface area contributed by atoms with Crippen molar-refractivity contribution in [3.8, 4) is 0 Å². The Morgan fingerprint density at radius 1 is 1.58 bits per heavy atom. The first-order valence-electron chi connectivity index (χ1n) is 6.35. The van der Waals surface area contributed by atoms with Gasteiger partial charge in [-0.15, -0.1) is 0 Å². The lowest BCUT2D eigenvalue weighted by Crippen LogP contribution is -2.49. The highest BCUT2D eigenvalue weighted by atomic mass is 19.1. The molecular weight excluding hydrogens is 249 g/mol. The molecule has 6 heteroatoms. The van der Waals surface area contributed by atoms with E-state index in [0.29, 0.717) is 19.5 Å². The normalized spacial score (nSPS) is 26.0. The highest BCUT2D eigenvalue weighted by molar-refractivity contribution is 5.79. The summed E-state index contributed by atoms with van der Waals surface area (Å²) in [4.78, 5) is 26.7. The van der Waals surface area contributed by atoms with Crippen molar-refractivity contribution in [1.29, 1.82) is 0 Å². The molecule has 104 valence electrons. The summed E-state index contributed by atoms with van der Waals surface area (Å²) in [5.41, 5.74) is 5.82. The van der Waals surface area contributed by atoms with E-state index >= 15 is 0 Å². The number of amides is 1. The minimum Gasteiger partial charge on any atom is -0.368 e. The van der Waals surface area contributed by atoms with Gasteiger partial charge in [-0.05, 0) is 18.9 Å². The molecule has 1 aliphatic rings. The van der Waals surface area contributed by atoms with Gasteiger partial charge in [-0.3, -0.25) is 14.5 Å². The van der Waals surface area contributed by atoms with Crippen LogP contribution >= 0.6 is 0 Å². The van der Waals surface area contributed by atoms with Gasteiger partial charge in [-0.2, -0.15) is 0 Å². The molecule has 3 unspecified atom stereocenters. The number of nitrogens with one attached hydrogen (secondary N) is 1. The van der Waals surface area contributed by atoms with Gasteiger partial charge in [-0.25, -0.2) is 4.39 Å². The molecule has 0 aromatic carbocycles. The fourth-order valence-electron chi connectivity index (χ4n) is 2.45. The molecule has 1 saturated heterocycles. The van der Waals surface area contributed by atoms with Crippen LogP contribution in [0.5, 0.6) is 0 Å². The van der Waals surface area contributed by atoms with E-state index in [-0.39, 0.29) is 11.5 Å². The van der Waals surface area contributed by atoms with E-state index < -0.39 is 18.1 Å². The molecule has 3 atom stereocenters. The number of H-pyrrole nitrogens is 1. The molecule has 1 aliphatic heterocycles. The summed E-state index contributed by atoms with van der Waals surface area (Å²) >= 11 is 0. The fraction of sp³-hybridized carbons (Fsp3) is 0.538. The molecule has 1 amide bonds. The second kappa shape index (κ2) is 5.52. The Labute approximate surface area is 110 Å². The largest absolute Gasteiger partial charge is 0.368 e. The summed E-state index contributed by atoms with van der Waals surface area (Å²) in [6, 6.07) is 2.62. The molecule has 2 heterocycles. The number of piperidine rings is 1. The highest BCUT2D eigenvalue weighted by Gasteiger charge is 2.33. The molecule has 5 nitrogen and oxygen atoms in total. The molecule has 0 saturated carbocycles. The third-order valence-electron chi connectivity index (χ3n) is 3.76. The van der Waals surface area contributed by atoms with Crippen molar-refractivity contribution in [2.45, 2.75) is 31.5 Å². The first kappa shape index (κ1) is 13.7. The van der Waals surface area contributed by atoms with Crippen molar-refractivity contribution in [3.63, 3.8) is 0 Å².